The van der Waals surface area contributed by atoms with Gasteiger partial charge in [0, 0.05) is 12.1 Å². The van der Waals surface area contributed by atoms with E-state index < -0.39 is 0 Å². The van der Waals surface area contributed by atoms with Gasteiger partial charge in [-0.3, -0.25) is 4.90 Å². The summed E-state index contributed by atoms with van der Waals surface area (Å²) < 4.78 is 0. The smallest absolute Gasteiger partial charge is 0.0664 e. The zero-order valence-corrected chi connectivity index (χ0v) is 9.80. The van der Waals surface area contributed by atoms with Gasteiger partial charge in [-0.25, -0.2) is 0 Å². The fraction of sp³-hybridized carbons (Fsp3) is 1.00. The van der Waals surface area contributed by atoms with Crippen molar-refractivity contribution in [3.05, 3.63) is 0 Å². The van der Waals surface area contributed by atoms with Gasteiger partial charge < -0.3 is 5.11 Å². The Morgan fingerprint density at radius 3 is 2.23 bits per heavy atom. The molecule has 0 aromatic carbocycles. The van der Waals surface area contributed by atoms with Crippen molar-refractivity contribution in [3.63, 3.8) is 0 Å². The van der Waals surface area contributed by atoms with Crippen molar-refractivity contribution < 1.29 is 5.11 Å². The quantitative estimate of drug-likeness (QED) is 0.689. The van der Waals surface area contributed by atoms with E-state index >= 15 is 0 Å². The van der Waals surface area contributed by atoms with Crippen LogP contribution in [0, 0.1) is 0 Å². The maximum atomic E-state index is 9.52. The van der Waals surface area contributed by atoms with Gasteiger partial charge in [-0.2, -0.15) is 0 Å². The molecule has 0 bridgehead atoms. The highest BCUT2D eigenvalue weighted by Gasteiger charge is 2.23. The summed E-state index contributed by atoms with van der Waals surface area (Å²) >= 11 is 0. The molecular weight excluding hydrogens is 162 g/mol. The number of likely N-dealkylation sites (N-methyl/N-ethyl adjacent to an activating group) is 1. The summed E-state index contributed by atoms with van der Waals surface area (Å²) in [5.74, 6) is 0. The molecule has 0 aromatic heterocycles. The zero-order chi connectivity index (χ0) is 10.5. The average molecular weight is 187 g/mol. The Balaban J connectivity index is 3.99. The van der Waals surface area contributed by atoms with E-state index in [0.717, 1.165) is 13.0 Å². The maximum absolute atomic E-state index is 9.52. The fourth-order valence-corrected chi connectivity index (χ4v) is 1.50. The van der Waals surface area contributed by atoms with E-state index in [0.29, 0.717) is 0 Å². The topological polar surface area (TPSA) is 23.5 Å². The Labute approximate surface area is 82.9 Å². The lowest BCUT2D eigenvalue weighted by Crippen LogP contribution is -2.44. The van der Waals surface area contributed by atoms with Crippen molar-refractivity contribution in [3.8, 4) is 0 Å². The van der Waals surface area contributed by atoms with Crippen molar-refractivity contribution in [2.45, 2.75) is 58.6 Å². The molecule has 0 saturated heterocycles. The highest BCUT2D eigenvalue weighted by atomic mass is 16.3. The van der Waals surface area contributed by atoms with Gasteiger partial charge in [-0.05, 0) is 33.7 Å². The van der Waals surface area contributed by atoms with Gasteiger partial charge in [0.2, 0.25) is 0 Å². The third-order valence-corrected chi connectivity index (χ3v) is 2.85. The van der Waals surface area contributed by atoms with Crippen LogP contribution in [0.4, 0.5) is 0 Å². The van der Waals surface area contributed by atoms with Crippen molar-refractivity contribution in [2.75, 3.05) is 13.6 Å². The van der Waals surface area contributed by atoms with E-state index in [1.807, 2.05) is 6.92 Å². The van der Waals surface area contributed by atoms with Crippen LogP contribution in [0.25, 0.3) is 0 Å². The standard InChI is InChI=1S/C11H25NO/c1-6-8-11(3,4)12(5)9-10(13)7-2/h10,13H,6-9H2,1-5H3/t10-/m1/s1. The Kier molecular flexibility index (Phi) is 5.57. The number of rotatable bonds is 6. The van der Waals surface area contributed by atoms with Crippen LogP contribution in [0.15, 0.2) is 0 Å². The first-order valence-corrected chi connectivity index (χ1v) is 5.33. The van der Waals surface area contributed by atoms with Gasteiger partial charge in [0.1, 0.15) is 0 Å². The van der Waals surface area contributed by atoms with Crippen LogP contribution in [-0.2, 0) is 0 Å². The van der Waals surface area contributed by atoms with Crippen LogP contribution in [0.5, 0.6) is 0 Å². The second-order valence-corrected chi connectivity index (χ2v) is 4.51. The molecule has 0 amide bonds. The highest BCUT2D eigenvalue weighted by molar-refractivity contribution is 4.79. The minimum Gasteiger partial charge on any atom is -0.392 e. The van der Waals surface area contributed by atoms with E-state index in [2.05, 4.69) is 32.7 Å². The maximum Gasteiger partial charge on any atom is 0.0664 e. The Hall–Kier alpha value is -0.0800. The number of β-amino-alcohol motifs (C(OH)–C–C–N with tert-alkyl or cyclic N) is 1. The third kappa shape index (κ3) is 4.63. The lowest BCUT2D eigenvalue weighted by molar-refractivity contribution is 0.0642. The van der Waals surface area contributed by atoms with Gasteiger partial charge in [-0.1, -0.05) is 20.3 Å². The molecule has 0 aliphatic heterocycles. The molecule has 0 aliphatic carbocycles. The van der Waals surface area contributed by atoms with Crippen LogP contribution in [-0.4, -0.2) is 35.2 Å². The van der Waals surface area contributed by atoms with E-state index in [4.69, 9.17) is 0 Å². The van der Waals surface area contributed by atoms with E-state index in [1.165, 1.54) is 12.8 Å². The first kappa shape index (κ1) is 12.9. The van der Waals surface area contributed by atoms with Crippen molar-refractivity contribution in [1.82, 2.24) is 4.90 Å². The highest BCUT2D eigenvalue weighted by Crippen LogP contribution is 2.19. The molecule has 0 radical (unpaired) electrons. The number of aliphatic hydroxyl groups is 1. The van der Waals surface area contributed by atoms with Crippen molar-refractivity contribution >= 4 is 0 Å². The number of hydrogen-bond acceptors (Lipinski definition) is 2. The van der Waals surface area contributed by atoms with Crippen LogP contribution >= 0.6 is 0 Å². The molecule has 0 aliphatic rings. The summed E-state index contributed by atoms with van der Waals surface area (Å²) in [5, 5.41) is 9.52. The Bertz CT molecular complexity index is 134. The molecule has 2 nitrogen and oxygen atoms in total. The zero-order valence-electron chi connectivity index (χ0n) is 9.80. The second kappa shape index (κ2) is 5.61. The minimum atomic E-state index is -0.180. The predicted octanol–water partition coefficient (Wildman–Crippen LogP) is 2.27. The molecule has 0 unspecified atom stereocenters. The molecule has 1 atom stereocenters. The predicted molar refractivity (Wildman–Crippen MR) is 57.9 cm³/mol. The average Bonchev–Trinajstić information content (AvgIpc) is 2.04. The summed E-state index contributed by atoms with van der Waals surface area (Å²) in [6.07, 6.45) is 3.03. The van der Waals surface area contributed by atoms with Crippen molar-refractivity contribution in [1.29, 1.82) is 0 Å². The summed E-state index contributed by atoms with van der Waals surface area (Å²) in [7, 11) is 2.09. The lowest BCUT2D eigenvalue weighted by Gasteiger charge is -2.36. The normalized spacial score (nSPS) is 15.0. The van der Waals surface area contributed by atoms with Gasteiger partial charge in [0.05, 0.1) is 6.10 Å². The van der Waals surface area contributed by atoms with Crippen LogP contribution in [0.2, 0.25) is 0 Å². The third-order valence-electron chi connectivity index (χ3n) is 2.85. The van der Waals surface area contributed by atoms with Crippen LogP contribution < -0.4 is 0 Å². The van der Waals surface area contributed by atoms with Crippen molar-refractivity contribution in [2.24, 2.45) is 0 Å². The Morgan fingerprint density at radius 1 is 1.31 bits per heavy atom. The summed E-state index contributed by atoms with van der Waals surface area (Å²) in [6, 6.07) is 0. The molecule has 2 heteroatoms. The van der Waals surface area contributed by atoms with E-state index in [-0.39, 0.29) is 11.6 Å². The minimum absolute atomic E-state index is 0.180. The molecule has 0 spiro atoms. The monoisotopic (exact) mass is 187 g/mol. The summed E-state index contributed by atoms with van der Waals surface area (Å²) in [6.45, 7) is 9.47. The molecule has 0 rings (SSSR count). The summed E-state index contributed by atoms with van der Waals surface area (Å²) in [5.41, 5.74) is 0.213. The molecule has 0 heterocycles. The molecule has 0 fully saturated rings. The molecular formula is C11H25NO. The van der Waals surface area contributed by atoms with Gasteiger partial charge in [-0.15, -0.1) is 0 Å². The van der Waals surface area contributed by atoms with Crippen LogP contribution in [0.3, 0.4) is 0 Å². The molecule has 0 aromatic rings. The first-order chi connectivity index (χ1) is 5.94. The first-order valence-electron chi connectivity index (χ1n) is 5.33. The largest absolute Gasteiger partial charge is 0.392 e. The van der Waals surface area contributed by atoms with Gasteiger partial charge in [0.25, 0.3) is 0 Å². The SMILES string of the molecule is CCCC(C)(C)N(C)C[C@H](O)CC. The lowest BCUT2D eigenvalue weighted by atomic mass is 9.96. The number of aliphatic hydroxyl groups excluding tert-OH is 1. The Morgan fingerprint density at radius 2 is 1.85 bits per heavy atom. The second-order valence-electron chi connectivity index (χ2n) is 4.51. The number of hydrogen-bond donors (Lipinski definition) is 1. The van der Waals surface area contributed by atoms with Crippen LogP contribution in [0.1, 0.15) is 47.0 Å². The number of nitrogens with zero attached hydrogens (tertiary/aromatic N) is 1. The molecule has 80 valence electrons. The van der Waals surface area contributed by atoms with E-state index in [9.17, 15) is 5.11 Å². The molecule has 0 saturated carbocycles. The fourth-order valence-electron chi connectivity index (χ4n) is 1.50. The van der Waals surface area contributed by atoms with Gasteiger partial charge >= 0.3 is 0 Å². The molecule has 1 N–H and O–H groups in total. The van der Waals surface area contributed by atoms with E-state index in [1.54, 1.807) is 0 Å². The van der Waals surface area contributed by atoms with Gasteiger partial charge in [0.15, 0.2) is 0 Å². The summed E-state index contributed by atoms with van der Waals surface area (Å²) in [4.78, 5) is 2.25. The molecule has 13 heavy (non-hydrogen) atoms.